The van der Waals surface area contributed by atoms with E-state index in [-0.39, 0.29) is 18.8 Å². The van der Waals surface area contributed by atoms with Gasteiger partial charge in [0.25, 0.3) is 0 Å². The van der Waals surface area contributed by atoms with Gasteiger partial charge in [0.2, 0.25) is 10.0 Å². The van der Waals surface area contributed by atoms with Gasteiger partial charge in [-0.25, -0.2) is 13.1 Å². The molecule has 2 N–H and O–H groups in total. The molecule has 0 aliphatic carbocycles. The highest BCUT2D eigenvalue weighted by atomic mass is 32.2. The van der Waals surface area contributed by atoms with Gasteiger partial charge in [-0.1, -0.05) is 43.7 Å². The molecule has 0 unspecified atom stereocenters. The quantitative estimate of drug-likeness (QED) is 0.599. The summed E-state index contributed by atoms with van der Waals surface area (Å²) in [7, 11) is -3.69. The Morgan fingerprint density at radius 1 is 1.27 bits per heavy atom. The molecule has 0 fully saturated rings. The molecule has 1 aromatic carbocycles. The molecule has 0 aliphatic rings. The monoisotopic (exact) mass is 329 g/mol. The van der Waals surface area contributed by atoms with Gasteiger partial charge in [-0.2, -0.15) is 0 Å². The average Bonchev–Trinajstić information content (AvgIpc) is 2.47. The third-order valence-corrected chi connectivity index (χ3v) is 4.39. The molecule has 1 atom stereocenters. The molecule has 0 aliphatic heterocycles. The summed E-state index contributed by atoms with van der Waals surface area (Å²) < 4.78 is 31.3. The number of benzene rings is 1. The van der Waals surface area contributed by atoms with E-state index in [1.165, 1.54) is 0 Å². The van der Waals surface area contributed by atoms with E-state index in [1.807, 2.05) is 13.0 Å². The van der Waals surface area contributed by atoms with Crippen LogP contribution in [0, 0.1) is 0 Å². The summed E-state index contributed by atoms with van der Waals surface area (Å²) in [5.41, 5.74) is 0.761. The van der Waals surface area contributed by atoms with E-state index in [0.717, 1.165) is 18.4 Å². The largest absolute Gasteiger partial charge is 0.480 e. The van der Waals surface area contributed by atoms with Crippen LogP contribution in [0.15, 0.2) is 30.3 Å². The van der Waals surface area contributed by atoms with Crippen LogP contribution < -0.4 is 4.72 Å². The van der Waals surface area contributed by atoms with Crippen molar-refractivity contribution in [3.63, 3.8) is 0 Å². The van der Waals surface area contributed by atoms with Gasteiger partial charge < -0.3 is 9.84 Å². The number of unbranched alkanes of at least 4 members (excludes halogenated alkanes) is 1. The molecule has 6 nitrogen and oxygen atoms in total. The van der Waals surface area contributed by atoms with Crippen molar-refractivity contribution in [1.29, 1.82) is 0 Å². The highest BCUT2D eigenvalue weighted by Crippen LogP contribution is 2.05. The summed E-state index contributed by atoms with van der Waals surface area (Å²) >= 11 is 0. The van der Waals surface area contributed by atoms with Crippen LogP contribution in [-0.4, -0.2) is 44.5 Å². The second-order valence-electron chi connectivity index (χ2n) is 4.98. The van der Waals surface area contributed by atoms with Crippen LogP contribution >= 0.6 is 0 Å². The first-order chi connectivity index (χ1) is 10.4. The normalized spacial score (nSPS) is 13.0. The van der Waals surface area contributed by atoms with Gasteiger partial charge in [0.1, 0.15) is 6.04 Å². The molecular weight excluding hydrogens is 306 g/mol. The van der Waals surface area contributed by atoms with Gasteiger partial charge in [0.05, 0.1) is 12.4 Å². The van der Waals surface area contributed by atoms with Crippen molar-refractivity contribution >= 4 is 16.0 Å². The highest BCUT2D eigenvalue weighted by molar-refractivity contribution is 7.89. The van der Waals surface area contributed by atoms with Crippen LogP contribution in [0.1, 0.15) is 25.3 Å². The third-order valence-electron chi connectivity index (χ3n) is 3.04. The van der Waals surface area contributed by atoms with Crippen molar-refractivity contribution in [2.45, 2.75) is 32.2 Å². The summed E-state index contributed by atoms with van der Waals surface area (Å²) in [6, 6.07) is 7.73. The SMILES string of the molecule is CCCCOCCS(=O)(=O)N[C@H](Cc1ccccc1)C(=O)O. The van der Waals surface area contributed by atoms with E-state index in [9.17, 15) is 18.3 Å². The minimum absolute atomic E-state index is 0.0625. The molecule has 0 saturated carbocycles. The summed E-state index contributed by atoms with van der Waals surface area (Å²) in [6.45, 7) is 2.59. The number of hydrogen-bond donors (Lipinski definition) is 2. The summed E-state index contributed by atoms with van der Waals surface area (Å²) in [4.78, 5) is 11.2. The van der Waals surface area contributed by atoms with Crippen LogP contribution in [0.4, 0.5) is 0 Å². The number of carboxylic acid groups (broad SMARTS) is 1. The maximum atomic E-state index is 11.9. The number of rotatable bonds is 11. The van der Waals surface area contributed by atoms with Crippen molar-refractivity contribution in [2.24, 2.45) is 0 Å². The van der Waals surface area contributed by atoms with Crippen molar-refractivity contribution in [1.82, 2.24) is 4.72 Å². The zero-order valence-electron chi connectivity index (χ0n) is 12.7. The van der Waals surface area contributed by atoms with Gasteiger partial charge in [-0.15, -0.1) is 0 Å². The molecule has 0 amide bonds. The Bertz CT molecular complexity index is 544. The molecule has 0 aromatic heterocycles. The molecule has 0 radical (unpaired) electrons. The van der Waals surface area contributed by atoms with Gasteiger partial charge in [0, 0.05) is 6.61 Å². The number of carbonyl (C=O) groups is 1. The molecule has 124 valence electrons. The number of aliphatic carboxylic acids is 1. The third kappa shape index (κ3) is 7.53. The van der Waals surface area contributed by atoms with Crippen molar-refractivity contribution in [2.75, 3.05) is 19.0 Å². The molecule has 0 saturated heterocycles. The fraction of sp³-hybridized carbons (Fsp3) is 0.533. The standard InChI is InChI=1S/C15H23NO5S/c1-2-3-9-21-10-11-22(19,20)16-14(15(17)18)12-13-7-5-4-6-8-13/h4-8,14,16H,2-3,9-12H2,1H3,(H,17,18)/t14-/m1/s1. The van der Waals surface area contributed by atoms with Gasteiger partial charge in [0.15, 0.2) is 0 Å². The van der Waals surface area contributed by atoms with Crippen molar-refractivity contribution in [3.8, 4) is 0 Å². The minimum Gasteiger partial charge on any atom is -0.480 e. The maximum Gasteiger partial charge on any atom is 0.322 e. The Kier molecular flexibility index (Phi) is 8.08. The van der Waals surface area contributed by atoms with E-state index >= 15 is 0 Å². The van der Waals surface area contributed by atoms with Crippen LogP contribution in [0.5, 0.6) is 0 Å². The predicted molar refractivity (Wildman–Crippen MR) is 84.2 cm³/mol. The number of hydrogen-bond acceptors (Lipinski definition) is 4. The molecular formula is C15H23NO5S. The Morgan fingerprint density at radius 3 is 2.55 bits per heavy atom. The predicted octanol–water partition coefficient (Wildman–Crippen LogP) is 1.42. The van der Waals surface area contributed by atoms with Crippen LogP contribution in [0.2, 0.25) is 0 Å². The summed E-state index contributed by atoms with van der Waals surface area (Å²) in [5, 5.41) is 9.18. The Morgan fingerprint density at radius 2 is 1.95 bits per heavy atom. The van der Waals surface area contributed by atoms with E-state index < -0.39 is 22.0 Å². The molecule has 22 heavy (non-hydrogen) atoms. The second kappa shape index (κ2) is 9.55. The van der Waals surface area contributed by atoms with E-state index in [4.69, 9.17) is 4.74 Å². The van der Waals surface area contributed by atoms with E-state index in [2.05, 4.69) is 4.72 Å². The molecule has 0 spiro atoms. The first-order valence-electron chi connectivity index (χ1n) is 7.29. The topological polar surface area (TPSA) is 92.7 Å². The first-order valence-corrected chi connectivity index (χ1v) is 8.94. The molecule has 1 rings (SSSR count). The maximum absolute atomic E-state index is 11.9. The lowest BCUT2D eigenvalue weighted by Gasteiger charge is -2.15. The Balaban J connectivity index is 2.52. The lowest BCUT2D eigenvalue weighted by molar-refractivity contribution is -0.138. The molecule has 0 bridgehead atoms. The number of carboxylic acids is 1. The molecule has 1 aromatic rings. The fourth-order valence-corrected chi connectivity index (χ4v) is 2.89. The lowest BCUT2D eigenvalue weighted by Crippen LogP contribution is -2.43. The number of sulfonamides is 1. The highest BCUT2D eigenvalue weighted by Gasteiger charge is 2.24. The van der Waals surface area contributed by atoms with Crippen LogP contribution in [-0.2, 0) is 26.0 Å². The average molecular weight is 329 g/mol. The Labute approximate surface area is 131 Å². The van der Waals surface area contributed by atoms with Gasteiger partial charge >= 0.3 is 5.97 Å². The number of ether oxygens (including phenoxy) is 1. The lowest BCUT2D eigenvalue weighted by atomic mass is 10.1. The molecule has 7 heteroatoms. The zero-order chi connectivity index (χ0) is 16.4. The summed E-state index contributed by atoms with van der Waals surface area (Å²) in [5.74, 6) is -1.44. The van der Waals surface area contributed by atoms with Crippen molar-refractivity contribution < 1.29 is 23.1 Å². The minimum atomic E-state index is -3.69. The van der Waals surface area contributed by atoms with Gasteiger partial charge in [-0.3, -0.25) is 4.79 Å². The van der Waals surface area contributed by atoms with E-state index in [1.54, 1.807) is 24.3 Å². The Hall–Kier alpha value is -1.44. The van der Waals surface area contributed by atoms with Crippen LogP contribution in [0.25, 0.3) is 0 Å². The van der Waals surface area contributed by atoms with E-state index in [0.29, 0.717) is 6.61 Å². The number of nitrogens with one attached hydrogen (secondary N) is 1. The fourth-order valence-electron chi connectivity index (χ4n) is 1.82. The van der Waals surface area contributed by atoms with Gasteiger partial charge in [-0.05, 0) is 18.4 Å². The second-order valence-corrected chi connectivity index (χ2v) is 6.86. The van der Waals surface area contributed by atoms with Crippen molar-refractivity contribution in [3.05, 3.63) is 35.9 Å². The summed E-state index contributed by atoms with van der Waals surface area (Å²) in [6.07, 6.45) is 1.95. The first kappa shape index (κ1) is 18.6. The van der Waals surface area contributed by atoms with Crippen LogP contribution in [0.3, 0.4) is 0 Å². The molecule has 0 heterocycles. The smallest absolute Gasteiger partial charge is 0.322 e. The zero-order valence-corrected chi connectivity index (χ0v) is 13.5.